The van der Waals surface area contributed by atoms with Crippen LogP contribution in [0.5, 0.6) is 5.75 Å². The van der Waals surface area contributed by atoms with Crippen LogP contribution in [0.4, 0.5) is 4.39 Å². The van der Waals surface area contributed by atoms with Gasteiger partial charge < -0.3 is 9.84 Å². The van der Waals surface area contributed by atoms with Crippen LogP contribution >= 0.6 is 0 Å². The number of hydrogen-bond donors (Lipinski definition) is 1. The van der Waals surface area contributed by atoms with E-state index in [4.69, 9.17) is 9.84 Å². The third-order valence-corrected chi connectivity index (χ3v) is 2.62. The minimum Gasteiger partial charge on any atom is -0.485 e. The van der Waals surface area contributed by atoms with Gasteiger partial charge in [-0.05, 0) is 42.0 Å². The zero-order valence-corrected chi connectivity index (χ0v) is 10.2. The molecule has 0 atom stereocenters. The maximum atomic E-state index is 12.7. The van der Waals surface area contributed by atoms with Crippen LogP contribution in [0.25, 0.3) is 0 Å². The number of benzene rings is 2. The monoisotopic (exact) mass is 260 g/mol. The Hall–Kier alpha value is -2.20. The minimum atomic E-state index is -0.381. The first-order chi connectivity index (χ1) is 9.19. The van der Waals surface area contributed by atoms with Crippen molar-refractivity contribution in [3.63, 3.8) is 0 Å². The van der Waals surface area contributed by atoms with Crippen molar-refractivity contribution in [3.8, 4) is 5.75 Å². The molecule has 0 aliphatic carbocycles. The number of rotatable bonds is 5. The van der Waals surface area contributed by atoms with E-state index in [9.17, 15) is 9.18 Å². The Bertz CT molecular complexity index is 564. The van der Waals surface area contributed by atoms with Crippen LogP contribution in [0.2, 0.25) is 0 Å². The summed E-state index contributed by atoms with van der Waals surface area (Å²) in [7, 11) is 0. The molecule has 0 spiro atoms. The van der Waals surface area contributed by atoms with E-state index >= 15 is 0 Å². The normalized spacial score (nSPS) is 10.2. The Balaban J connectivity index is 1.98. The number of aliphatic hydroxyl groups is 1. The van der Waals surface area contributed by atoms with Crippen LogP contribution in [0.15, 0.2) is 48.5 Å². The lowest BCUT2D eigenvalue weighted by Crippen LogP contribution is -2.11. The Morgan fingerprint density at radius 3 is 2.58 bits per heavy atom. The van der Waals surface area contributed by atoms with Crippen LogP contribution in [0.3, 0.4) is 0 Å². The molecule has 2 rings (SSSR count). The molecule has 1 N–H and O–H groups in total. The minimum absolute atomic E-state index is 0.0802. The lowest BCUT2D eigenvalue weighted by molar-refractivity contribution is 0.0921. The van der Waals surface area contributed by atoms with Gasteiger partial charge in [-0.2, -0.15) is 0 Å². The second-order valence-electron chi connectivity index (χ2n) is 4.02. The van der Waals surface area contributed by atoms with Crippen LogP contribution in [-0.4, -0.2) is 17.5 Å². The number of carbonyl (C=O) groups is 1. The first kappa shape index (κ1) is 13.2. The molecule has 19 heavy (non-hydrogen) atoms. The van der Waals surface area contributed by atoms with Gasteiger partial charge in [0.25, 0.3) is 0 Å². The van der Waals surface area contributed by atoms with Crippen molar-refractivity contribution in [2.75, 3.05) is 6.61 Å². The highest BCUT2D eigenvalue weighted by Crippen LogP contribution is 2.14. The molecule has 0 saturated heterocycles. The second kappa shape index (κ2) is 6.11. The fourth-order valence-corrected chi connectivity index (χ4v) is 1.60. The highest BCUT2D eigenvalue weighted by atomic mass is 19.1. The third kappa shape index (κ3) is 3.63. The summed E-state index contributed by atoms with van der Waals surface area (Å²) >= 11 is 0. The van der Waals surface area contributed by atoms with Gasteiger partial charge in [0.1, 0.15) is 11.6 Å². The molecule has 0 aliphatic heterocycles. The average Bonchev–Trinajstić information content (AvgIpc) is 2.46. The Labute approximate surface area is 110 Å². The van der Waals surface area contributed by atoms with Gasteiger partial charge in [0, 0.05) is 5.56 Å². The van der Waals surface area contributed by atoms with Crippen molar-refractivity contribution in [3.05, 3.63) is 65.5 Å². The summed E-state index contributed by atoms with van der Waals surface area (Å²) in [6.45, 7) is -0.205. The number of hydrogen-bond acceptors (Lipinski definition) is 3. The lowest BCUT2D eigenvalue weighted by Gasteiger charge is -2.06. The predicted molar refractivity (Wildman–Crippen MR) is 68.6 cm³/mol. The summed E-state index contributed by atoms with van der Waals surface area (Å²) < 4.78 is 18.1. The molecule has 3 nitrogen and oxygen atoms in total. The van der Waals surface area contributed by atoms with Crippen molar-refractivity contribution >= 4 is 5.78 Å². The summed E-state index contributed by atoms with van der Waals surface area (Å²) in [5.74, 6) is -0.0930. The topological polar surface area (TPSA) is 46.5 Å². The molecule has 0 bridgehead atoms. The molecule has 0 heterocycles. The van der Waals surface area contributed by atoms with Crippen molar-refractivity contribution in [2.24, 2.45) is 0 Å². The summed E-state index contributed by atoms with van der Waals surface area (Å²) in [6, 6.07) is 12.2. The van der Waals surface area contributed by atoms with E-state index in [1.165, 1.54) is 24.3 Å². The van der Waals surface area contributed by atoms with Gasteiger partial charge in [-0.25, -0.2) is 4.39 Å². The van der Waals surface area contributed by atoms with E-state index in [1.807, 2.05) is 0 Å². The van der Waals surface area contributed by atoms with E-state index < -0.39 is 0 Å². The molecule has 0 radical (unpaired) electrons. The maximum Gasteiger partial charge on any atom is 0.200 e. The summed E-state index contributed by atoms with van der Waals surface area (Å²) in [6.07, 6.45) is 0. The van der Waals surface area contributed by atoms with Crippen LogP contribution < -0.4 is 4.74 Å². The van der Waals surface area contributed by atoms with Crippen molar-refractivity contribution in [2.45, 2.75) is 6.61 Å². The first-order valence-corrected chi connectivity index (χ1v) is 5.80. The number of ether oxygens (including phenoxy) is 1. The molecule has 2 aromatic rings. The highest BCUT2D eigenvalue weighted by molar-refractivity contribution is 5.97. The average molecular weight is 260 g/mol. The van der Waals surface area contributed by atoms with Gasteiger partial charge >= 0.3 is 0 Å². The third-order valence-electron chi connectivity index (χ3n) is 2.62. The number of halogens is 1. The van der Waals surface area contributed by atoms with Gasteiger partial charge in [-0.1, -0.05) is 12.1 Å². The molecular formula is C15H13FO3. The summed E-state index contributed by atoms with van der Waals surface area (Å²) in [4.78, 5) is 11.8. The highest BCUT2D eigenvalue weighted by Gasteiger charge is 2.07. The number of ketones is 1. The Morgan fingerprint density at radius 1 is 1.16 bits per heavy atom. The van der Waals surface area contributed by atoms with Gasteiger partial charge in [-0.15, -0.1) is 0 Å². The molecule has 0 amide bonds. The van der Waals surface area contributed by atoms with Crippen molar-refractivity contribution in [1.82, 2.24) is 0 Å². The maximum absolute atomic E-state index is 12.7. The van der Waals surface area contributed by atoms with Gasteiger partial charge in [0.2, 0.25) is 0 Å². The molecule has 0 fully saturated rings. The van der Waals surface area contributed by atoms with Crippen molar-refractivity contribution < 1.29 is 19.0 Å². The molecule has 4 heteroatoms. The van der Waals surface area contributed by atoms with E-state index in [2.05, 4.69) is 0 Å². The van der Waals surface area contributed by atoms with Crippen LogP contribution in [0.1, 0.15) is 15.9 Å². The molecular weight excluding hydrogens is 247 g/mol. The SMILES string of the molecule is O=C(COc1cccc(CO)c1)c1ccc(F)cc1. The molecule has 0 saturated carbocycles. The quantitative estimate of drug-likeness (QED) is 0.840. The molecule has 0 aliphatic rings. The van der Waals surface area contributed by atoms with Crippen LogP contribution in [-0.2, 0) is 6.61 Å². The number of Topliss-reactive ketones (excluding diaryl/α,β-unsaturated/α-hetero) is 1. The molecule has 0 aromatic heterocycles. The zero-order valence-electron chi connectivity index (χ0n) is 10.2. The van der Waals surface area contributed by atoms with E-state index in [1.54, 1.807) is 24.3 Å². The van der Waals surface area contributed by atoms with Gasteiger partial charge in [0.05, 0.1) is 6.61 Å². The Morgan fingerprint density at radius 2 is 1.89 bits per heavy atom. The van der Waals surface area contributed by atoms with Gasteiger partial charge in [0.15, 0.2) is 12.4 Å². The number of carbonyl (C=O) groups excluding carboxylic acids is 1. The van der Waals surface area contributed by atoms with E-state index in [0.717, 1.165) is 0 Å². The fourth-order valence-electron chi connectivity index (χ4n) is 1.60. The van der Waals surface area contributed by atoms with Gasteiger partial charge in [-0.3, -0.25) is 4.79 Å². The fraction of sp³-hybridized carbons (Fsp3) is 0.133. The molecule has 0 unspecified atom stereocenters. The summed E-state index contributed by atoms with van der Waals surface area (Å²) in [5.41, 5.74) is 1.12. The van der Waals surface area contributed by atoms with Crippen LogP contribution in [0, 0.1) is 5.82 Å². The number of aliphatic hydroxyl groups excluding tert-OH is 1. The molecule has 98 valence electrons. The smallest absolute Gasteiger partial charge is 0.200 e. The van der Waals surface area contributed by atoms with E-state index in [-0.39, 0.29) is 24.8 Å². The largest absolute Gasteiger partial charge is 0.485 e. The first-order valence-electron chi connectivity index (χ1n) is 5.80. The van der Waals surface area contributed by atoms with E-state index in [0.29, 0.717) is 16.9 Å². The summed E-state index contributed by atoms with van der Waals surface area (Å²) in [5, 5.41) is 8.99. The molecule has 2 aromatic carbocycles. The predicted octanol–water partition coefficient (Wildman–Crippen LogP) is 2.58. The standard InChI is InChI=1S/C15H13FO3/c16-13-6-4-12(5-7-13)15(18)10-19-14-3-1-2-11(8-14)9-17/h1-8,17H,9-10H2. The Kier molecular flexibility index (Phi) is 4.26. The van der Waals surface area contributed by atoms with Crippen molar-refractivity contribution in [1.29, 1.82) is 0 Å². The lowest BCUT2D eigenvalue weighted by atomic mass is 10.1. The second-order valence-corrected chi connectivity index (χ2v) is 4.02. The zero-order chi connectivity index (χ0) is 13.7.